The lowest BCUT2D eigenvalue weighted by Crippen LogP contribution is -2.63. The van der Waals surface area contributed by atoms with Crippen molar-refractivity contribution in [2.45, 2.75) is 76.5 Å². The third-order valence-corrected chi connectivity index (χ3v) is 4.37. The number of amides is 2. The summed E-state index contributed by atoms with van der Waals surface area (Å²) in [5, 5.41) is 16.1. The molecular weight excluding hydrogens is 254 g/mol. The van der Waals surface area contributed by atoms with Crippen LogP contribution in [0.3, 0.4) is 0 Å². The van der Waals surface area contributed by atoms with E-state index in [1.165, 1.54) is 0 Å². The van der Waals surface area contributed by atoms with E-state index in [2.05, 4.69) is 38.3 Å². The molecule has 0 aromatic rings. The van der Waals surface area contributed by atoms with E-state index in [9.17, 15) is 9.90 Å². The topological polar surface area (TPSA) is 64.6 Å². The van der Waals surface area contributed by atoms with Crippen molar-refractivity contribution in [1.82, 2.24) is 15.5 Å². The molecule has 0 aromatic heterocycles. The van der Waals surface area contributed by atoms with Gasteiger partial charge in [-0.2, -0.15) is 0 Å². The molecule has 2 aliphatic rings. The first-order valence-electron chi connectivity index (χ1n) is 7.70. The zero-order chi connectivity index (χ0) is 15.0. The molecule has 0 bridgehead atoms. The first-order chi connectivity index (χ1) is 9.22. The largest absolute Gasteiger partial charge is 0.394 e. The van der Waals surface area contributed by atoms with Gasteiger partial charge in [0.1, 0.15) is 0 Å². The molecule has 20 heavy (non-hydrogen) atoms. The van der Waals surface area contributed by atoms with Gasteiger partial charge in [0.05, 0.1) is 12.6 Å². The maximum Gasteiger partial charge on any atom is 0.317 e. The quantitative estimate of drug-likeness (QED) is 0.719. The van der Waals surface area contributed by atoms with Gasteiger partial charge >= 0.3 is 6.03 Å². The van der Waals surface area contributed by atoms with E-state index in [-0.39, 0.29) is 35.8 Å². The van der Waals surface area contributed by atoms with Gasteiger partial charge in [0.2, 0.25) is 0 Å². The van der Waals surface area contributed by atoms with E-state index in [1.807, 2.05) is 0 Å². The Kier molecular flexibility index (Phi) is 4.30. The molecule has 2 heterocycles. The number of piperidine rings is 1. The first kappa shape index (κ1) is 15.6. The molecule has 3 N–H and O–H groups in total. The number of nitrogens with one attached hydrogen (secondary N) is 2. The van der Waals surface area contributed by atoms with Crippen LogP contribution in [0.25, 0.3) is 0 Å². The minimum atomic E-state index is -0.0138. The highest BCUT2D eigenvalue weighted by Gasteiger charge is 2.39. The van der Waals surface area contributed by atoms with Crippen LogP contribution in [0.4, 0.5) is 4.79 Å². The van der Waals surface area contributed by atoms with Crippen LogP contribution in [0, 0.1) is 0 Å². The Bertz CT molecular complexity index is 352. The Morgan fingerprint density at radius 2 is 1.90 bits per heavy atom. The summed E-state index contributed by atoms with van der Waals surface area (Å²) in [5.41, 5.74) is 0.0577. The van der Waals surface area contributed by atoms with Crippen molar-refractivity contribution in [2.75, 3.05) is 13.2 Å². The number of likely N-dealkylation sites (tertiary alicyclic amines) is 1. The van der Waals surface area contributed by atoms with Crippen molar-refractivity contribution in [3.8, 4) is 0 Å². The molecule has 2 aliphatic heterocycles. The summed E-state index contributed by atoms with van der Waals surface area (Å²) in [7, 11) is 0. The number of carbonyl (C=O) groups is 1. The van der Waals surface area contributed by atoms with Crippen molar-refractivity contribution in [3.63, 3.8) is 0 Å². The van der Waals surface area contributed by atoms with Gasteiger partial charge < -0.3 is 20.6 Å². The van der Waals surface area contributed by atoms with Crippen LogP contribution >= 0.6 is 0 Å². The Balaban J connectivity index is 1.97. The summed E-state index contributed by atoms with van der Waals surface area (Å²) in [4.78, 5) is 14.2. The zero-order valence-electron chi connectivity index (χ0n) is 13.2. The second kappa shape index (κ2) is 5.53. The van der Waals surface area contributed by atoms with Gasteiger partial charge in [-0.15, -0.1) is 0 Å². The lowest BCUT2D eigenvalue weighted by molar-refractivity contribution is 0.128. The monoisotopic (exact) mass is 283 g/mol. The third-order valence-electron chi connectivity index (χ3n) is 4.37. The standard InChI is InChI=1S/C15H29N3O2/c1-14(2)8-11(9-15(3,4)17-14)16-13(20)18-7-5-6-12(18)10-19/h11-12,17,19H,5-10H2,1-4H3,(H,16,20). The van der Waals surface area contributed by atoms with Crippen LogP contribution in [0.2, 0.25) is 0 Å². The Hall–Kier alpha value is -0.810. The highest BCUT2D eigenvalue weighted by molar-refractivity contribution is 5.75. The summed E-state index contributed by atoms with van der Waals surface area (Å²) in [6.45, 7) is 9.54. The number of urea groups is 1. The maximum absolute atomic E-state index is 12.4. The molecule has 116 valence electrons. The average molecular weight is 283 g/mol. The van der Waals surface area contributed by atoms with Gasteiger partial charge in [0.25, 0.3) is 0 Å². The number of hydrogen-bond donors (Lipinski definition) is 3. The number of carbonyl (C=O) groups excluding carboxylic acids is 1. The van der Waals surface area contributed by atoms with E-state index in [4.69, 9.17) is 0 Å². The smallest absolute Gasteiger partial charge is 0.317 e. The third kappa shape index (κ3) is 3.64. The van der Waals surface area contributed by atoms with Crippen molar-refractivity contribution in [1.29, 1.82) is 0 Å². The summed E-state index contributed by atoms with van der Waals surface area (Å²) in [5.74, 6) is 0. The van der Waals surface area contributed by atoms with Crippen LogP contribution < -0.4 is 10.6 Å². The number of aliphatic hydroxyl groups excluding tert-OH is 1. The molecule has 5 nitrogen and oxygen atoms in total. The SMILES string of the molecule is CC1(C)CC(NC(=O)N2CCCC2CO)CC(C)(C)N1. The molecule has 2 rings (SSSR count). The Morgan fingerprint density at radius 1 is 1.30 bits per heavy atom. The molecule has 2 saturated heterocycles. The lowest BCUT2D eigenvalue weighted by Gasteiger charge is -2.47. The van der Waals surface area contributed by atoms with Gasteiger partial charge in [0.15, 0.2) is 0 Å². The molecule has 0 saturated carbocycles. The maximum atomic E-state index is 12.4. The van der Waals surface area contributed by atoms with Gasteiger partial charge in [-0.25, -0.2) is 4.79 Å². The predicted molar refractivity (Wildman–Crippen MR) is 79.7 cm³/mol. The van der Waals surface area contributed by atoms with E-state index >= 15 is 0 Å². The fraction of sp³-hybridized carbons (Fsp3) is 0.933. The van der Waals surface area contributed by atoms with Crippen LogP contribution in [-0.4, -0.2) is 52.4 Å². The average Bonchev–Trinajstić information content (AvgIpc) is 2.71. The van der Waals surface area contributed by atoms with E-state index < -0.39 is 0 Å². The molecule has 5 heteroatoms. The minimum absolute atomic E-state index is 0.00210. The van der Waals surface area contributed by atoms with Crippen LogP contribution in [0.5, 0.6) is 0 Å². The van der Waals surface area contributed by atoms with Crippen LogP contribution in [-0.2, 0) is 0 Å². The predicted octanol–water partition coefficient (Wildman–Crippen LogP) is 1.46. The number of nitrogens with zero attached hydrogens (tertiary/aromatic N) is 1. The molecule has 0 radical (unpaired) electrons. The summed E-state index contributed by atoms with van der Waals surface area (Å²) in [6.07, 6.45) is 3.76. The Labute approximate surface area is 122 Å². The van der Waals surface area contributed by atoms with Crippen LogP contribution in [0.1, 0.15) is 53.4 Å². The molecule has 2 fully saturated rings. The van der Waals surface area contributed by atoms with Crippen molar-refractivity contribution in [2.24, 2.45) is 0 Å². The molecule has 1 unspecified atom stereocenters. The van der Waals surface area contributed by atoms with Gasteiger partial charge in [-0.1, -0.05) is 0 Å². The van der Waals surface area contributed by atoms with E-state index in [1.54, 1.807) is 4.90 Å². The summed E-state index contributed by atoms with van der Waals surface area (Å²) in [6, 6.07) is 0.173. The molecule has 1 atom stereocenters. The highest BCUT2D eigenvalue weighted by Crippen LogP contribution is 2.29. The number of aliphatic hydroxyl groups is 1. The number of hydrogen-bond acceptors (Lipinski definition) is 3. The summed E-state index contributed by atoms with van der Waals surface area (Å²) >= 11 is 0. The van der Waals surface area contributed by atoms with E-state index in [0.717, 1.165) is 32.2 Å². The fourth-order valence-electron chi connectivity index (χ4n) is 3.97. The fourth-order valence-corrected chi connectivity index (χ4v) is 3.97. The van der Waals surface area contributed by atoms with Crippen molar-refractivity contribution < 1.29 is 9.90 Å². The first-order valence-corrected chi connectivity index (χ1v) is 7.70. The number of rotatable bonds is 2. The Morgan fingerprint density at radius 3 is 2.45 bits per heavy atom. The summed E-state index contributed by atoms with van der Waals surface area (Å²) < 4.78 is 0. The van der Waals surface area contributed by atoms with Crippen molar-refractivity contribution >= 4 is 6.03 Å². The van der Waals surface area contributed by atoms with Gasteiger partial charge in [-0.05, 0) is 53.4 Å². The molecule has 0 aromatic carbocycles. The highest BCUT2D eigenvalue weighted by atomic mass is 16.3. The molecule has 2 amide bonds. The molecule has 0 spiro atoms. The second-order valence-corrected chi connectivity index (χ2v) is 7.62. The van der Waals surface area contributed by atoms with Crippen molar-refractivity contribution in [3.05, 3.63) is 0 Å². The molecular formula is C15H29N3O2. The van der Waals surface area contributed by atoms with Gasteiger partial charge in [-0.3, -0.25) is 0 Å². The van der Waals surface area contributed by atoms with Gasteiger partial charge in [0, 0.05) is 23.7 Å². The molecule has 0 aliphatic carbocycles. The second-order valence-electron chi connectivity index (χ2n) is 7.62. The lowest BCUT2D eigenvalue weighted by atomic mass is 9.80. The zero-order valence-corrected chi connectivity index (χ0v) is 13.2. The van der Waals surface area contributed by atoms with Crippen LogP contribution in [0.15, 0.2) is 0 Å². The normalized spacial score (nSPS) is 29.4. The van der Waals surface area contributed by atoms with E-state index in [0.29, 0.717) is 0 Å². The minimum Gasteiger partial charge on any atom is -0.394 e.